The number of rotatable bonds is 9. The third-order valence-electron chi connectivity index (χ3n) is 5.46. The Kier molecular flexibility index (Phi) is 8.22. The van der Waals surface area contributed by atoms with E-state index in [4.69, 9.17) is 23.2 Å². The van der Waals surface area contributed by atoms with Crippen molar-refractivity contribution in [2.75, 3.05) is 13.1 Å². The molecule has 0 saturated carbocycles. The number of fused-ring (bicyclic) bond motifs is 1. The summed E-state index contributed by atoms with van der Waals surface area (Å²) in [6.45, 7) is 3.33. The smallest absolute Gasteiger partial charge is 0.269 e. The van der Waals surface area contributed by atoms with E-state index in [1.54, 1.807) is 31.2 Å². The number of carbonyl (C=O) groups excluding carboxylic acids is 3. The van der Waals surface area contributed by atoms with Gasteiger partial charge >= 0.3 is 0 Å². The Bertz CT molecular complexity index is 1220. The summed E-state index contributed by atoms with van der Waals surface area (Å²) in [5, 5.41) is 3.40. The summed E-state index contributed by atoms with van der Waals surface area (Å²) < 4.78 is 26.4. The second kappa shape index (κ2) is 10.8. The van der Waals surface area contributed by atoms with Crippen molar-refractivity contribution in [1.82, 2.24) is 14.5 Å². The number of hydrogen-bond acceptors (Lipinski definition) is 5. The number of carbonyl (C=O) groups is 3. The molecule has 1 unspecified atom stereocenters. The zero-order chi connectivity index (χ0) is 25.0. The molecule has 1 aliphatic rings. The molecule has 11 heteroatoms. The molecule has 182 valence electrons. The monoisotopic (exact) mass is 525 g/mol. The minimum atomic E-state index is -4.18. The minimum Gasteiger partial charge on any atom is -0.354 e. The van der Waals surface area contributed by atoms with E-state index in [0.29, 0.717) is 27.9 Å². The number of hydrogen-bond donors (Lipinski definition) is 1. The van der Waals surface area contributed by atoms with Crippen LogP contribution in [0, 0.1) is 0 Å². The maximum atomic E-state index is 13.4. The van der Waals surface area contributed by atoms with Crippen molar-refractivity contribution in [1.29, 1.82) is 0 Å². The van der Waals surface area contributed by atoms with E-state index in [2.05, 4.69) is 5.32 Å². The minimum absolute atomic E-state index is 0.0130. The highest BCUT2D eigenvalue weighted by atomic mass is 35.5. The van der Waals surface area contributed by atoms with Crippen molar-refractivity contribution in [2.24, 2.45) is 0 Å². The van der Waals surface area contributed by atoms with E-state index in [9.17, 15) is 22.8 Å². The molecule has 1 heterocycles. The van der Waals surface area contributed by atoms with Gasteiger partial charge in [-0.05, 0) is 42.7 Å². The van der Waals surface area contributed by atoms with Gasteiger partial charge in [-0.2, -0.15) is 0 Å². The average molecular weight is 526 g/mol. The van der Waals surface area contributed by atoms with Crippen LogP contribution in [0.15, 0.2) is 47.4 Å². The van der Waals surface area contributed by atoms with Gasteiger partial charge in [-0.1, -0.05) is 55.2 Å². The van der Waals surface area contributed by atoms with Crippen LogP contribution in [-0.2, 0) is 26.2 Å². The number of nitrogens with zero attached hydrogens (tertiary/aromatic N) is 2. The van der Waals surface area contributed by atoms with Gasteiger partial charge in [-0.15, -0.1) is 0 Å². The molecule has 3 amide bonds. The normalized spacial score (nSPS) is 15.1. The Labute approximate surface area is 208 Å². The van der Waals surface area contributed by atoms with Crippen LogP contribution in [0.2, 0.25) is 10.0 Å². The highest BCUT2D eigenvalue weighted by Gasteiger charge is 2.43. The standard InChI is InChI=1S/C23H25Cl2N3O5S/c1-3-11-26-22(30)19(4-2)27(13-15-9-10-17(24)18(25)12-15)21(29)14-28-23(31)16-7-5-6-8-20(16)34(28,32)33/h5-10,12,19H,3-4,11,13-14H2,1-2H3,(H,26,30). The van der Waals surface area contributed by atoms with Crippen molar-refractivity contribution in [3.05, 3.63) is 63.6 Å². The van der Waals surface area contributed by atoms with Gasteiger partial charge in [-0.3, -0.25) is 14.4 Å². The second-order valence-electron chi connectivity index (χ2n) is 7.80. The van der Waals surface area contributed by atoms with Crippen molar-refractivity contribution in [3.8, 4) is 0 Å². The summed E-state index contributed by atoms with van der Waals surface area (Å²) in [6, 6.07) is 9.73. The Balaban J connectivity index is 1.93. The Morgan fingerprint density at radius 1 is 1.09 bits per heavy atom. The number of amides is 3. The molecule has 2 aromatic carbocycles. The first-order valence-electron chi connectivity index (χ1n) is 10.8. The van der Waals surface area contributed by atoms with Crippen molar-refractivity contribution < 1.29 is 22.8 Å². The van der Waals surface area contributed by atoms with Crippen LogP contribution in [0.5, 0.6) is 0 Å². The average Bonchev–Trinajstić information content (AvgIpc) is 3.00. The lowest BCUT2D eigenvalue weighted by atomic mass is 10.1. The molecule has 1 aliphatic heterocycles. The first-order chi connectivity index (χ1) is 16.1. The van der Waals surface area contributed by atoms with Gasteiger partial charge in [0.2, 0.25) is 11.8 Å². The highest BCUT2D eigenvalue weighted by molar-refractivity contribution is 7.90. The van der Waals surface area contributed by atoms with Crippen molar-refractivity contribution >= 4 is 50.9 Å². The fourth-order valence-corrected chi connectivity index (χ4v) is 5.56. The molecule has 0 saturated heterocycles. The molecule has 0 radical (unpaired) electrons. The number of benzene rings is 2. The lowest BCUT2D eigenvalue weighted by Gasteiger charge is -2.31. The largest absolute Gasteiger partial charge is 0.354 e. The van der Waals surface area contributed by atoms with Gasteiger partial charge in [0.1, 0.15) is 17.5 Å². The molecule has 3 rings (SSSR count). The van der Waals surface area contributed by atoms with E-state index >= 15 is 0 Å². The first kappa shape index (κ1) is 26.0. The molecule has 0 spiro atoms. The molecule has 1 atom stereocenters. The molecule has 0 aliphatic carbocycles. The Morgan fingerprint density at radius 3 is 2.41 bits per heavy atom. The van der Waals surface area contributed by atoms with Gasteiger partial charge < -0.3 is 10.2 Å². The zero-order valence-electron chi connectivity index (χ0n) is 18.8. The second-order valence-corrected chi connectivity index (χ2v) is 10.4. The third kappa shape index (κ3) is 5.21. The summed E-state index contributed by atoms with van der Waals surface area (Å²) in [5.41, 5.74) is 0.613. The van der Waals surface area contributed by atoms with Crippen LogP contribution in [0.3, 0.4) is 0 Å². The van der Waals surface area contributed by atoms with Crippen LogP contribution < -0.4 is 5.32 Å². The van der Waals surface area contributed by atoms with Crippen molar-refractivity contribution in [2.45, 2.75) is 44.2 Å². The SMILES string of the molecule is CCCNC(=O)C(CC)N(Cc1ccc(Cl)c(Cl)c1)C(=O)CN1C(=O)c2ccccc2S1(=O)=O. The van der Waals surface area contributed by atoms with Gasteiger partial charge in [0, 0.05) is 13.1 Å². The molecule has 0 fully saturated rings. The lowest BCUT2D eigenvalue weighted by molar-refractivity contribution is -0.141. The van der Waals surface area contributed by atoms with Crippen LogP contribution in [-0.4, -0.2) is 54.5 Å². The number of nitrogens with one attached hydrogen (secondary N) is 1. The highest BCUT2D eigenvalue weighted by Crippen LogP contribution is 2.30. The zero-order valence-corrected chi connectivity index (χ0v) is 21.1. The molecule has 1 N–H and O–H groups in total. The quantitative estimate of drug-likeness (QED) is 0.539. The summed E-state index contributed by atoms with van der Waals surface area (Å²) >= 11 is 12.1. The van der Waals surface area contributed by atoms with Crippen LogP contribution in [0.1, 0.15) is 42.6 Å². The third-order valence-corrected chi connectivity index (χ3v) is 7.99. The maximum absolute atomic E-state index is 13.4. The topological polar surface area (TPSA) is 104 Å². The van der Waals surface area contributed by atoms with Gasteiger partial charge in [0.25, 0.3) is 15.9 Å². The van der Waals surface area contributed by atoms with E-state index < -0.39 is 34.4 Å². The molecule has 0 bridgehead atoms. The fourth-order valence-electron chi connectivity index (χ4n) is 3.72. The van der Waals surface area contributed by atoms with Gasteiger partial charge in [0.05, 0.1) is 15.6 Å². The van der Waals surface area contributed by atoms with Gasteiger partial charge in [0.15, 0.2) is 0 Å². The van der Waals surface area contributed by atoms with Gasteiger partial charge in [-0.25, -0.2) is 12.7 Å². The summed E-state index contributed by atoms with van der Waals surface area (Å²) in [7, 11) is -4.18. The first-order valence-corrected chi connectivity index (χ1v) is 13.0. The Hall–Kier alpha value is -2.62. The molecular formula is C23H25Cl2N3O5S. The van der Waals surface area contributed by atoms with Crippen LogP contribution in [0.4, 0.5) is 0 Å². The van der Waals surface area contributed by atoms with Crippen LogP contribution in [0.25, 0.3) is 0 Å². The Morgan fingerprint density at radius 2 is 1.79 bits per heavy atom. The molecule has 0 aromatic heterocycles. The lowest BCUT2D eigenvalue weighted by Crippen LogP contribution is -2.52. The predicted octanol–water partition coefficient (Wildman–Crippen LogP) is 3.47. The molecular weight excluding hydrogens is 501 g/mol. The van der Waals surface area contributed by atoms with E-state index in [1.165, 1.54) is 23.1 Å². The van der Waals surface area contributed by atoms with E-state index in [-0.39, 0.29) is 34.4 Å². The predicted molar refractivity (Wildman–Crippen MR) is 129 cm³/mol. The van der Waals surface area contributed by atoms with Crippen molar-refractivity contribution in [3.63, 3.8) is 0 Å². The fraction of sp³-hybridized carbons (Fsp3) is 0.348. The summed E-state index contributed by atoms with van der Waals surface area (Å²) in [5.74, 6) is -1.83. The van der Waals surface area contributed by atoms with E-state index in [1.807, 2.05) is 6.92 Å². The number of sulfonamides is 1. The molecule has 34 heavy (non-hydrogen) atoms. The summed E-state index contributed by atoms with van der Waals surface area (Å²) in [4.78, 5) is 40.2. The number of halogens is 2. The maximum Gasteiger partial charge on any atom is 0.269 e. The molecule has 2 aromatic rings. The molecule has 8 nitrogen and oxygen atoms in total. The van der Waals surface area contributed by atoms with Crippen LogP contribution >= 0.6 is 23.2 Å². The summed E-state index contributed by atoms with van der Waals surface area (Å²) in [6.07, 6.45) is 0.991. The van der Waals surface area contributed by atoms with E-state index in [0.717, 1.165) is 0 Å².